The van der Waals surface area contributed by atoms with Crippen LogP contribution in [-0.4, -0.2) is 19.5 Å². The first kappa shape index (κ1) is 16.3. The Hall–Kier alpha value is -2.12. The molecule has 0 amide bonds. The fourth-order valence-corrected chi connectivity index (χ4v) is 2.97. The van der Waals surface area contributed by atoms with Gasteiger partial charge < -0.3 is 5.11 Å². The lowest BCUT2D eigenvalue weighted by atomic mass is 10.2. The molecular weight excluding hydrogens is 333 g/mol. The maximum absolute atomic E-state index is 13.5. The maximum atomic E-state index is 13.5. The summed E-state index contributed by atoms with van der Waals surface area (Å²) in [6, 6.07) is 7.16. The molecule has 0 bridgehead atoms. The van der Waals surface area contributed by atoms with E-state index in [0.29, 0.717) is 5.56 Å². The third-order valence-corrected chi connectivity index (χ3v) is 4.61. The molecule has 0 heterocycles. The Balaban J connectivity index is 2.38. The van der Waals surface area contributed by atoms with Crippen LogP contribution in [0, 0.1) is 12.7 Å². The lowest BCUT2D eigenvalue weighted by Gasteiger charge is -2.10. The summed E-state index contributed by atoms with van der Waals surface area (Å²) in [6.07, 6.45) is 0. The average Bonchev–Trinajstić information content (AvgIpc) is 2.43. The van der Waals surface area contributed by atoms with E-state index in [9.17, 15) is 17.6 Å². The molecule has 2 aromatic carbocycles. The van der Waals surface area contributed by atoms with Crippen LogP contribution in [0.4, 0.5) is 10.1 Å². The Morgan fingerprint density at radius 2 is 1.91 bits per heavy atom. The van der Waals surface area contributed by atoms with Crippen molar-refractivity contribution in [3.05, 3.63) is 58.4 Å². The number of rotatable bonds is 4. The van der Waals surface area contributed by atoms with E-state index >= 15 is 0 Å². The summed E-state index contributed by atoms with van der Waals surface area (Å²) >= 11 is 5.71. The second-order valence-electron chi connectivity index (χ2n) is 4.52. The van der Waals surface area contributed by atoms with Gasteiger partial charge in [-0.05, 0) is 42.8 Å². The normalized spacial score (nSPS) is 11.2. The molecular formula is C14H11ClFNO4S. The molecule has 22 heavy (non-hydrogen) atoms. The minimum atomic E-state index is -4.03. The van der Waals surface area contributed by atoms with Crippen LogP contribution >= 0.6 is 11.6 Å². The number of carbonyl (C=O) groups is 1. The van der Waals surface area contributed by atoms with Gasteiger partial charge in [0.25, 0.3) is 10.0 Å². The monoisotopic (exact) mass is 343 g/mol. The van der Waals surface area contributed by atoms with Gasteiger partial charge in [0, 0.05) is 5.69 Å². The van der Waals surface area contributed by atoms with Crippen LogP contribution in [0.15, 0.2) is 41.3 Å². The fraction of sp³-hybridized carbons (Fsp3) is 0.0714. The zero-order chi connectivity index (χ0) is 16.5. The third-order valence-electron chi connectivity index (χ3n) is 2.90. The van der Waals surface area contributed by atoms with Crippen molar-refractivity contribution in [2.45, 2.75) is 11.8 Å². The second-order valence-corrected chi connectivity index (χ2v) is 6.61. The number of carboxylic acid groups (broad SMARTS) is 1. The first-order chi connectivity index (χ1) is 10.2. The Labute approximate surface area is 131 Å². The SMILES string of the molecule is Cc1ccc(S(=O)(=O)Nc2ccc(Cl)c(C(=O)O)c2)cc1F. The molecule has 0 aliphatic carbocycles. The van der Waals surface area contributed by atoms with E-state index in [0.717, 1.165) is 12.1 Å². The molecule has 0 unspecified atom stereocenters. The third kappa shape index (κ3) is 3.37. The summed E-state index contributed by atoms with van der Waals surface area (Å²) in [5, 5.41) is 8.94. The number of hydrogen-bond donors (Lipinski definition) is 2. The lowest BCUT2D eigenvalue weighted by Crippen LogP contribution is -2.14. The van der Waals surface area contributed by atoms with Crippen LogP contribution in [0.3, 0.4) is 0 Å². The average molecular weight is 344 g/mol. The molecule has 0 fully saturated rings. The van der Waals surface area contributed by atoms with Crippen LogP contribution in [0.5, 0.6) is 0 Å². The van der Waals surface area contributed by atoms with Crippen molar-refractivity contribution in [1.29, 1.82) is 0 Å². The fourth-order valence-electron chi connectivity index (χ4n) is 1.71. The van der Waals surface area contributed by atoms with Crippen LogP contribution in [-0.2, 0) is 10.0 Å². The zero-order valence-corrected chi connectivity index (χ0v) is 12.9. The molecule has 0 aromatic heterocycles. The largest absolute Gasteiger partial charge is 0.478 e. The van der Waals surface area contributed by atoms with Gasteiger partial charge in [0.05, 0.1) is 15.5 Å². The van der Waals surface area contributed by atoms with Gasteiger partial charge in [-0.25, -0.2) is 17.6 Å². The first-order valence-electron chi connectivity index (χ1n) is 6.02. The van der Waals surface area contributed by atoms with Gasteiger partial charge in [-0.15, -0.1) is 0 Å². The zero-order valence-electron chi connectivity index (χ0n) is 11.3. The van der Waals surface area contributed by atoms with Crippen LogP contribution < -0.4 is 4.72 Å². The molecule has 0 spiro atoms. The van der Waals surface area contributed by atoms with Crippen LogP contribution in [0.25, 0.3) is 0 Å². The number of aryl methyl sites for hydroxylation is 1. The van der Waals surface area contributed by atoms with E-state index < -0.39 is 21.8 Å². The number of nitrogens with one attached hydrogen (secondary N) is 1. The molecule has 0 aliphatic rings. The molecule has 8 heteroatoms. The summed E-state index contributed by atoms with van der Waals surface area (Å²) in [7, 11) is -4.03. The summed E-state index contributed by atoms with van der Waals surface area (Å²) in [5.41, 5.74) is 0.0957. The summed E-state index contributed by atoms with van der Waals surface area (Å²) in [6.45, 7) is 1.51. The molecule has 116 valence electrons. The van der Waals surface area contributed by atoms with E-state index in [1.54, 1.807) is 0 Å². The second kappa shape index (κ2) is 5.94. The van der Waals surface area contributed by atoms with Crippen molar-refractivity contribution in [3.8, 4) is 0 Å². The number of sulfonamides is 1. The number of anilines is 1. The Kier molecular flexibility index (Phi) is 4.39. The molecule has 0 aliphatic heterocycles. The van der Waals surface area contributed by atoms with Crippen molar-refractivity contribution in [2.75, 3.05) is 4.72 Å². The number of carboxylic acids is 1. The van der Waals surface area contributed by atoms with Gasteiger partial charge in [-0.3, -0.25) is 4.72 Å². The minimum absolute atomic E-state index is 0.0165. The first-order valence-corrected chi connectivity index (χ1v) is 7.88. The topological polar surface area (TPSA) is 83.5 Å². The van der Waals surface area contributed by atoms with E-state index in [2.05, 4.69) is 4.72 Å². The van der Waals surface area contributed by atoms with E-state index in [1.165, 1.54) is 31.2 Å². The Morgan fingerprint density at radius 1 is 1.23 bits per heavy atom. The van der Waals surface area contributed by atoms with E-state index in [1.807, 2.05) is 0 Å². The van der Waals surface area contributed by atoms with Crippen molar-refractivity contribution >= 4 is 33.3 Å². The summed E-state index contributed by atoms with van der Waals surface area (Å²) in [4.78, 5) is 10.7. The molecule has 0 radical (unpaired) electrons. The van der Waals surface area contributed by atoms with Gasteiger partial charge in [-0.1, -0.05) is 17.7 Å². The maximum Gasteiger partial charge on any atom is 0.337 e. The highest BCUT2D eigenvalue weighted by molar-refractivity contribution is 7.92. The van der Waals surface area contributed by atoms with Gasteiger partial charge in [-0.2, -0.15) is 0 Å². The highest BCUT2D eigenvalue weighted by atomic mass is 35.5. The van der Waals surface area contributed by atoms with Crippen LogP contribution in [0.2, 0.25) is 5.02 Å². The molecule has 0 saturated carbocycles. The molecule has 0 saturated heterocycles. The van der Waals surface area contributed by atoms with Crippen molar-refractivity contribution in [2.24, 2.45) is 0 Å². The predicted molar refractivity (Wildman–Crippen MR) is 80.4 cm³/mol. The predicted octanol–water partition coefficient (Wildman–Crippen LogP) is 3.29. The Bertz CT molecular complexity index is 852. The molecule has 5 nitrogen and oxygen atoms in total. The molecule has 2 N–H and O–H groups in total. The lowest BCUT2D eigenvalue weighted by molar-refractivity contribution is 0.0697. The van der Waals surface area contributed by atoms with Gasteiger partial charge in [0.15, 0.2) is 0 Å². The number of halogens is 2. The number of aromatic carboxylic acids is 1. The quantitative estimate of drug-likeness (QED) is 0.892. The van der Waals surface area contributed by atoms with Gasteiger partial charge in [0.2, 0.25) is 0 Å². The molecule has 0 atom stereocenters. The van der Waals surface area contributed by atoms with E-state index in [-0.39, 0.29) is 21.2 Å². The van der Waals surface area contributed by atoms with Gasteiger partial charge >= 0.3 is 5.97 Å². The minimum Gasteiger partial charge on any atom is -0.478 e. The summed E-state index contributed by atoms with van der Waals surface area (Å²) in [5.74, 6) is -1.93. The van der Waals surface area contributed by atoms with Gasteiger partial charge in [0.1, 0.15) is 5.82 Å². The molecule has 2 aromatic rings. The van der Waals surface area contributed by atoms with Crippen molar-refractivity contribution in [3.63, 3.8) is 0 Å². The Morgan fingerprint density at radius 3 is 2.50 bits per heavy atom. The van der Waals surface area contributed by atoms with E-state index in [4.69, 9.17) is 16.7 Å². The van der Waals surface area contributed by atoms with Crippen LogP contribution in [0.1, 0.15) is 15.9 Å². The summed E-state index contributed by atoms with van der Waals surface area (Å²) < 4.78 is 40.0. The number of hydrogen-bond acceptors (Lipinski definition) is 3. The van der Waals surface area contributed by atoms with Crippen molar-refractivity contribution < 1.29 is 22.7 Å². The number of benzene rings is 2. The molecule has 2 rings (SSSR count). The standard InChI is InChI=1S/C14H11ClFNO4S/c1-8-2-4-10(7-13(8)16)22(20,21)17-9-3-5-12(15)11(6-9)14(18)19/h2-7,17H,1H3,(H,18,19). The highest BCUT2D eigenvalue weighted by Crippen LogP contribution is 2.23. The van der Waals surface area contributed by atoms with Crippen molar-refractivity contribution in [1.82, 2.24) is 0 Å². The highest BCUT2D eigenvalue weighted by Gasteiger charge is 2.17. The smallest absolute Gasteiger partial charge is 0.337 e.